The fourth-order valence-electron chi connectivity index (χ4n) is 6.46. The van der Waals surface area contributed by atoms with Crippen molar-refractivity contribution in [2.45, 2.75) is 44.4 Å². The Morgan fingerprint density at radius 2 is 1.97 bits per heavy atom. The van der Waals surface area contributed by atoms with Crippen LogP contribution in [0.15, 0.2) is 30.6 Å². The lowest BCUT2D eigenvalue weighted by Gasteiger charge is -2.46. The van der Waals surface area contributed by atoms with Crippen molar-refractivity contribution in [3.8, 4) is 5.75 Å². The minimum Gasteiger partial charge on any atom is -0.489 e. The number of hydrogen-bond acceptors (Lipinski definition) is 8. The predicted octanol–water partition coefficient (Wildman–Crippen LogP) is 1.99. The molecule has 1 aromatic carbocycles. The van der Waals surface area contributed by atoms with Crippen LogP contribution in [-0.4, -0.2) is 85.4 Å². The van der Waals surface area contributed by atoms with Crippen molar-refractivity contribution in [3.05, 3.63) is 41.7 Å². The van der Waals surface area contributed by atoms with Crippen LogP contribution in [0, 0.1) is 12.8 Å². The molecule has 1 N–H and O–H groups in total. The van der Waals surface area contributed by atoms with Crippen LogP contribution in [0.5, 0.6) is 5.75 Å². The lowest BCUT2D eigenvalue weighted by atomic mass is 9.85. The van der Waals surface area contributed by atoms with Gasteiger partial charge in [-0.15, -0.1) is 0 Å². The number of aromatic nitrogens is 2. The summed E-state index contributed by atoms with van der Waals surface area (Å²) in [5.41, 5.74) is 3.48. The van der Waals surface area contributed by atoms with Gasteiger partial charge in [-0.05, 0) is 61.4 Å². The van der Waals surface area contributed by atoms with Crippen LogP contribution >= 0.6 is 0 Å². The van der Waals surface area contributed by atoms with Crippen molar-refractivity contribution in [1.29, 1.82) is 0 Å². The maximum Gasteiger partial charge on any atom is 0.225 e. The maximum atomic E-state index is 10.8. The summed E-state index contributed by atoms with van der Waals surface area (Å²) in [6.45, 7) is 10.3. The summed E-state index contributed by atoms with van der Waals surface area (Å²) >= 11 is 0. The van der Waals surface area contributed by atoms with Crippen LogP contribution < -0.4 is 19.9 Å². The maximum absolute atomic E-state index is 10.8. The van der Waals surface area contributed by atoms with Crippen molar-refractivity contribution in [1.82, 2.24) is 20.2 Å². The summed E-state index contributed by atoms with van der Waals surface area (Å²) < 4.78 is 12.7. The van der Waals surface area contributed by atoms with Gasteiger partial charge in [-0.3, -0.25) is 9.69 Å². The molecule has 2 unspecified atom stereocenters. The van der Waals surface area contributed by atoms with Crippen LogP contribution in [-0.2, 0) is 16.1 Å². The van der Waals surface area contributed by atoms with E-state index >= 15 is 0 Å². The number of piperazine rings is 1. The minimum absolute atomic E-state index is 0.0223. The normalized spacial score (nSPS) is 25.2. The van der Waals surface area contributed by atoms with Crippen molar-refractivity contribution >= 4 is 18.0 Å². The molecule has 0 bridgehead atoms. The number of nitrogens with zero attached hydrogens (tertiary/aromatic N) is 5. The second kappa shape index (κ2) is 9.86. The Morgan fingerprint density at radius 1 is 1.14 bits per heavy atom. The molecule has 2 aromatic rings. The van der Waals surface area contributed by atoms with E-state index in [1.54, 1.807) is 0 Å². The van der Waals surface area contributed by atoms with Gasteiger partial charge in [0.25, 0.3) is 0 Å². The second-order valence-corrected chi connectivity index (χ2v) is 10.8. The van der Waals surface area contributed by atoms with E-state index in [2.05, 4.69) is 49.0 Å². The number of benzene rings is 1. The van der Waals surface area contributed by atoms with Crippen LogP contribution in [0.3, 0.4) is 0 Å². The van der Waals surface area contributed by atoms with E-state index in [9.17, 15) is 4.79 Å². The van der Waals surface area contributed by atoms with Crippen LogP contribution in [0.1, 0.15) is 30.4 Å². The van der Waals surface area contributed by atoms with Crippen LogP contribution in [0.25, 0.3) is 0 Å². The van der Waals surface area contributed by atoms with Crippen molar-refractivity contribution < 1.29 is 14.3 Å². The number of ether oxygens (including phenoxy) is 2. The monoisotopic (exact) mass is 492 g/mol. The highest BCUT2D eigenvalue weighted by Crippen LogP contribution is 2.41. The number of hydrogen-bond donors (Lipinski definition) is 1. The Labute approximate surface area is 212 Å². The fourth-order valence-corrected chi connectivity index (χ4v) is 6.46. The Hall–Kier alpha value is -2.91. The van der Waals surface area contributed by atoms with Gasteiger partial charge in [0.15, 0.2) is 0 Å². The number of aryl methyl sites for hydroxylation is 1. The topological polar surface area (TPSA) is 83.1 Å². The van der Waals surface area contributed by atoms with Crippen molar-refractivity contribution in [2.75, 3.05) is 62.3 Å². The molecule has 4 aliphatic rings. The Morgan fingerprint density at radius 3 is 2.78 bits per heavy atom. The first-order chi connectivity index (χ1) is 17.6. The highest BCUT2D eigenvalue weighted by atomic mass is 16.5. The molecule has 1 spiro atoms. The summed E-state index contributed by atoms with van der Waals surface area (Å²) in [5.74, 6) is 2.38. The molecule has 36 heavy (non-hydrogen) atoms. The molecule has 2 atom stereocenters. The predicted molar refractivity (Wildman–Crippen MR) is 137 cm³/mol. The standard InChI is InChI=1S/C27H36N6O3/c1-20-11-25-24(12-22(20)14-28-19-34)33-10-9-31(16-23(33)18-35-25)15-21-13-27(36-17-21)3-7-32(8-4-27)26-29-5-2-6-30-26/h2,5-6,11-12,19,21,23H,3-4,7-10,13-18H2,1H3,(H,28,34). The number of amides is 1. The average molecular weight is 493 g/mol. The second-order valence-electron chi connectivity index (χ2n) is 10.8. The zero-order valence-corrected chi connectivity index (χ0v) is 21.1. The van der Waals surface area contributed by atoms with E-state index in [0.29, 0.717) is 18.5 Å². The molecule has 1 aromatic heterocycles. The molecule has 1 amide bonds. The number of nitrogens with one attached hydrogen (secondary N) is 1. The Kier molecular flexibility index (Phi) is 6.43. The lowest BCUT2D eigenvalue weighted by Crippen LogP contribution is -2.58. The molecule has 9 nitrogen and oxygen atoms in total. The lowest BCUT2D eigenvalue weighted by molar-refractivity contribution is -0.109. The third-order valence-electron chi connectivity index (χ3n) is 8.41. The fraction of sp³-hybridized carbons (Fsp3) is 0.593. The summed E-state index contributed by atoms with van der Waals surface area (Å²) in [5, 5.41) is 2.80. The molecular weight excluding hydrogens is 456 g/mol. The van der Waals surface area contributed by atoms with Gasteiger partial charge in [-0.2, -0.15) is 0 Å². The number of carbonyl (C=O) groups excluding carboxylic acids is 1. The van der Waals surface area contributed by atoms with E-state index in [4.69, 9.17) is 9.47 Å². The molecule has 5 heterocycles. The minimum atomic E-state index is 0.0223. The van der Waals surface area contributed by atoms with E-state index in [1.165, 1.54) is 0 Å². The van der Waals surface area contributed by atoms with Crippen LogP contribution in [0.4, 0.5) is 11.6 Å². The highest BCUT2D eigenvalue weighted by molar-refractivity contribution is 5.64. The van der Waals surface area contributed by atoms with E-state index in [1.807, 2.05) is 18.5 Å². The van der Waals surface area contributed by atoms with Gasteiger partial charge in [0.1, 0.15) is 12.4 Å². The summed E-state index contributed by atoms with van der Waals surface area (Å²) in [7, 11) is 0. The molecular formula is C27H36N6O3. The number of fused-ring (bicyclic) bond motifs is 3. The van der Waals surface area contributed by atoms with E-state index in [0.717, 1.165) is 107 Å². The average Bonchev–Trinajstić information content (AvgIpc) is 3.29. The first-order valence-corrected chi connectivity index (χ1v) is 13.2. The molecule has 0 saturated carbocycles. The number of rotatable bonds is 6. The summed E-state index contributed by atoms with van der Waals surface area (Å²) in [6, 6.07) is 6.53. The van der Waals surface area contributed by atoms with E-state index < -0.39 is 0 Å². The molecule has 0 aliphatic carbocycles. The largest absolute Gasteiger partial charge is 0.489 e. The van der Waals surface area contributed by atoms with E-state index in [-0.39, 0.29) is 5.60 Å². The first kappa shape index (κ1) is 23.5. The van der Waals surface area contributed by atoms with Crippen molar-refractivity contribution in [3.63, 3.8) is 0 Å². The molecule has 192 valence electrons. The molecule has 0 radical (unpaired) electrons. The third kappa shape index (κ3) is 4.62. The number of carbonyl (C=O) groups is 1. The highest BCUT2D eigenvalue weighted by Gasteiger charge is 2.44. The Bertz CT molecular complexity index is 1070. The number of anilines is 2. The van der Waals surface area contributed by atoms with Gasteiger partial charge in [-0.25, -0.2) is 9.97 Å². The SMILES string of the molecule is Cc1cc2c(cc1CNC=O)N1CCN(CC3COC4(CCN(c5ncccn5)CC4)C3)CC1CO2. The zero-order chi connectivity index (χ0) is 24.5. The molecule has 9 heteroatoms. The smallest absolute Gasteiger partial charge is 0.225 e. The molecule has 3 fully saturated rings. The molecule has 3 saturated heterocycles. The van der Waals surface area contributed by atoms with Gasteiger partial charge in [0.05, 0.1) is 23.9 Å². The van der Waals surface area contributed by atoms with Gasteiger partial charge in [0.2, 0.25) is 12.4 Å². The summed E-state index contributed by atoms with van der Waals surface area (Å²) in [4.78, 5) is 27.0. The third-order valence-corrected chi connectivity index (χ3v) is 8.41. The molecule has 4 aliphatic heterocycles. The van der Waals surface area contributed by atoms with Gasteiger partial charge >= 0.3 is 0 Å². The van der Waals surface area contributed by atoms with Gasteiger partial charge in [0, 0.05) is 58.2 Å². The number of piperidine rings is 1. The Balaban J connectivity index is 1.04. The zero-order valence-electron chi connectivity index (χ0n) is 21.1. The van der Waals surface area contributed by atoms with Crippen LogP contribution in [0.2, 0.25) is 0 Å². The summed E-state index contributed by atoms with van der Waals surface area (Å²) in [6.07, 6.45) is 7.62. The van der Waals surface area contributed by atoms with Crippen molar-refractivity contribution in [2.24, 2.45) is 5.92 Å². The first-order valence-electron chi connectivity index (χ1n) is 13.2. The quantitative estimate of drug-likeness (QED) is 0.613. The van der Waals surface area contributed by atoms with Gasteiger partial charge < -0.3 is 24.6 Å². The molecule has 6 rings (SSSR count). The van der Waals surface area contributed by atoms with Gasteiger partial charge in [-0.1, -0.05) is 0 Å².